The molecule has 0 aromatic heterocycles. The molecule has 1 N–H and O–H groups in total. The SMILES string of the molecule is Cc1c(NC(=O)COC(=O)c2ccc(S(=O)(=O)N3CCCCCC3)cc2)cccc1[N+](=O)[O-]. The van der Waals surface area contributed by atoms with Crippen molar-refractivity contribution in [3.8, 4) is 0 Å². The van der Waals surface area contributed by atoms with Crippen LogP contribution in [0.15, 0.2) is 47.4 Å². The number of nitro groups is 1. The Labute approximate surface area is 191 Å². The number of amides is 1. The molecule has 2 aromatic rings. The molecule has 0 atom stereocenters. The fourth-order valence-corrected chi connectivity index (χ4v) is 5.07. The number of carbonyl (C=O) groups excluding carboxylic acids is 2. The largest absolute Gasteiger partial charge is 0.452 e. The van der Waals surface area contributed by atoms with Gasteiger partial charge in [-0.05, 0) is 50.1 Å². The zero-order valence-electron chi connectivity index (χ0n) is 18.2. The predicted molar refractivity (Wildman–Crippen MR) is 120 cm³/mol. The van der Waals surface area contributed by atoms with Gasteiger partial charge in [0.15, 0.2) is 6.61 Å². The molecule has 3 rings (SSSR count). The maximum atomic E-state index is 12.8. The Morgan fingerprint density at radius 2 is 1.70 bits per heavy atom. The Kier molecular flexibility index (Phi) is 7.77. The Hall–Kier alpha value is -3.31. The topological polar surface area (TPSA) is 136 Å². The van der Waals surface area contributed by atoms with E-state index in [1.165, 1.54) is 53.7 Å². The fraction of sp³-hybridized carbons (Fsp3) is 0.364. The number of anilines is 1. The van der Waals surface area contributed by atoms with E-state index in [4.69, 9.17) is 4.74 Å². The number of hydrogen-bond donors (Lipinski definition) is 1. The number of benzene rings is 2. The number of esters is 1. The summed E-state index contributed by atoms with van der Waals surface area (Å²) in [5.74, 6) is -1.45. The Morgan fingerprint density at radius 1 is 1.06 bits per heavy atom. The van der Waals surface area contributed by atoms with Crippen molar-refractivity contribution in [3.63, 3.8) is 0 Å². The van der Waals surface area contributed by atoms with Crippen LogP contribution < -0.4 is 5.32 Å². The van der Waals surface area contributed by atoms with Crippen molar-refractivity contribution in [1.82, 2.24) is 4.31 Å². The lowest BCUT2D eigenvalue weighted by molar-refractivity contribution is -0.385. The van der Waals surface area contributed by atoms with Crippen LogP contribution in [0.25, 0.3) is 0 Å². The number of rotatable bonds is 7. The second kappa shape index (κ2) is 10.5. The van der Waals surface area contributed by atoms with Gasteiger partial charge in [0.1, 0.15) is 0 Å². The van der Waals surface area contributed by atoms with Crippen molar-refractivity contribution < 1.29 is 27.7 Å². The Bertz CT molecular complexity index is 1140. The van der Waals surface area contributed by atoms with Crippen LogP contribution in [0, 0.1) is 17.0 Å². The van der Waals surface area contributed by atoms with Crippen molar-refractivity contribution in [2.45, 2.75) is 37.5 Å². The first-order valence-electron chi connectivity index (χ1n) is 10.5. The molecular weight excluding hydrogens is 450 g/mol. The van der Waals surface area contributed by atoms with E-state index in [1.54, 1.807) is 0 Å². The maximum Gasteiger partial charge on any atom is 0.338 e. The summed E-state index contributed by atoms with van der Waals surface area (Å²) < 4.78 is 32.1. The van der Waals surface area contributed by atoms with Crippen molar-refractivity contribution in [1.29, 1.82) is 0 Å². The van der Waals surface area contributed by atoms with Gasteiger partial charge in [0.25, 0.3) is 11.6 Å². The molecular formula is C22H25N3O7S. The van der Waals surface area contributed by atoms with Crippen molar-refractivity contribution in [3.05, 3.63) is 63.7 Å². The lowest BCUT2D eigenvalue weighted by atomic mass is 10.1. The van der Waals surface area contributed by atoms with Gasteiger partial charge in [-0.1, -0.05) is 18.9 Å². The van der Waals surface area contributed by atoms with Gasteiger partial charge in [0.05, 0.1) is 26.6 Å². The van der Waals surface area contributed by atoms with Crippen LogP contribution in [-0.4, -0.2) is 49.2 Å². The minimum Gasteiger partial charge on any atom is -0.452 e. The summed E-state index contributed by atoms with van der Waals surface area (Å²) in [5.41, 5.74) is 0.487. The first kappa shape index (κ1) is 24.3. The highest BCUT2D eigenvalue weighted by Crippen LogP contribution is 2.25. The van der Waals surface area contributed by atoms with Crippen LogP contribution >= 0.6 is 0 Å². The molecule has 0 unspecified atom stereocenters. The highest BCUT2D eigenvalue weighted by Gasteiger charge is 2.25. The summed E-state index contributed by atoms with van der Waals surface area (Å²) in [6.45, 7) is 1.85. The number of sulfonamides is 1. The van der Waals surface area contributed by atoms with E-state index in [-0.39, 0.29) is 27.4 Å². The monoisotopic (exact) mass is 475 g/mol. The molecule has 1 aliphatic rings. The molecule has 10 nitrogen and oxygen atoms in total. The average Bonchev–Trinajstić information content (AvgIpc) is 3.09. The van der Waals surface area contributed by atoms with Gasteiger partial charge in [0, 0.05) is 19.2 Å². The van der Waals surface area contributed by atoms with E-state index in [1.807, 2.05) is 0 Å². The van der Waals surface area contributed by atoms with Gasteiger partial charge in [-0.3, -0.25) is 14.9 Å². The summed E-state index contributed by atoms with van der Waals surface area (Å²) in [5, 5.41) is 13.5. The normalized spacial score (nSPS) is 14.8. The molecule has 176 valence electrons. The third-order valence-electron chi connectivity index (χ3n) is 5.40. The van der Waals surface area contributed by atoms with Gasteiger partial charge in [-0.15, -0.1) is 0 Å². The molecule has 0 aliphatic carbocycles. The lowest BCUT2D eigenvalue weighted by Crippen LogP contribution is -2.31. The summed E-state index contributed by atoms with van der Waals surface area (Å²) in [6.07, 6.45) is 3.65. The number of hydrogen-bond acceptors (Lipinski definition) is 7. The summed E-state index contributed by atoms with van der Waals surface area (Å²) in [4.78, 5) is 34.9. The molecule has 0 radical (unpaired) electrons. The van der Waals surface area contributed by atoms with E-state index >= 15 is 0 Å². The summed E-state index contributed by atoms with van der Waals surface area (Å²) >= 11 is 0. The van der Waals surface area contributed by atoms with E-state index < -0.39 is 33.4 Å². The number of nitro benzene ring substituents is 1. The van der Waals surface area contributed by atoms with Crippen LogP contribution in [0.1, 0.15) is 41.6 Å². The van der Waals surface area contributed by atoms with Crippen LogP contribution in [0.5, 0.6) is 0 Å². The van der Waals surface area contributed by atoms with Crippen LogP contribution in [0.4, 0.5) is 11.4 Å². The van der Waals surface area contributed by atoms with Crippen LogP contribution in [0.3, 0.4) is 0 Å². The predicted octanol–water partition coefficient (Wildman–Crippen LogP) is 3.26. The standard InChI is InChI=1S/C22H25N3O7S/c1-16-19(7-6-8-20(16)25(28)29)23-21(26)15-32-22(27)17-9-11-18(12-10-17)33(30,31)24-13-4-2-3-5-14-24/h6-12H,2-5,13-15H2,1H3,(H,23,26). The molecule has 33 heavy (non-hydrogen) atoms. The molecule has 11 heteroatoms. The Balaban J connectivity index is 1.59. The van der Waals surface area contributed by atoms with E-state index in [2.05, 4.69) is 5.32 Å². The molecule has 1 saturated heterocycles. The first-order chi connectivity index (χ1) is 15.7. The van der Waals surface area contributed by atoms with Gasteiger partial charge < -0.3 is 10.1 Å². The minimum atomic E-state index is -3.63. The van der Waals surface area contributed by atoms with Gasteiger partial charge in [-0.25, -0.2) is 13.2 Å². The number of nitrogens with zero attached hydrogens (tertiary/aromatic N) is 2. The van der Waals surface area contributed by atoms with Crippen molar-refractivity contribution >= 4 is 33.3 Å². The summed E-state index contributed by atoms with van der Waals surface area (Å²) in [6, 6.07) is 9.65. The number of carbonyl (C=O) groups is 2. The van der Waals surface area contributed by atoms with E-state index in [0.29, 0.717) is 13.1 Å². The molecule has 1 amide bonds. The highest BCUT2D eigenvalue weighted by atomic mass is 32.2. The van der Waals surface area contributed by atoms with Crippen LogP contribution in [0.2, 0.25) is 0 Å². The van der Waals surface area contributed by atoms with E-state index in [9.17, 15) is 28.1 Å². The third kappa shape index (κ3) is 5.93. The smallest absolute Gasteiger partial charge is 0.338 e. The quantitative estimate of drug-likeness (QED) is 0.369. The second-order valence-corrected chi connectivity index (χ2v) is 9.61. The van der Waals surface area contributed by atoms with E-state index in [0.717, 1.165) is 25.7 Å². The maximum absolute atomic E-state index is 12.8. The van der Waals surface area contributed by atoms with Crippen molar-refractivity contribution in [2.24, 2.45) is 0 Å². The first-order valence-corrected chi connectivity index (χ1v) is 12.0. The fourth-order valence-electron chi connectivity index (χ4n) is 3.55. The molecule has 2 aromatic carbocycles. The zero-order chi connectivity index (χ0) is 24.0. The molecule has 1 heterocycles. The number of ether oxygens (including phenoxy) is 1. The van der Waals surface area contributed by atoms with Gasteiger partial charge in [0.2, 0.25) is 10.0 Å². The highest BCUT2D eigenvalue weighted by molar-refractivity contribution is 7.89. The van der Waals surface area contributed by atoms with Gasteiger partial charge >= 0.3 is 5.97 Å². The molecule has 0 bridgehead atoms. The minimum absolute atomic E-state index is 0.0971. The molecule has 0 spiro atoms. The second-order valence-electron chi connectivity index (χ2n) is 7.67. The zero-order valence-corrected chi connectivity index (χ0v) is 19.0. The lowest BCUT2D eigenvalue weighted by Gasteiger charge is -2.20. The third-order valence-corrected chi connectivity index (χ3v) is 7.32. The average molecular weight is 476 g/mol. The Morgan fingerprint density at radius 3 is 2.30 bits per heavy atom. The summed E-state index contributed by atoms with van der Waals surface area (Å²) in [7, 11) is -3.63. The molecule has 0 saturated carbocycles. The van der Waals surface area contributed by atoms with Gasteiger partial charge in [-0.2, -0.15) is 4.31 Å². The molecule has 1 aliphatic heterocycles. The molecule has 1 fully saturated rings. The number of nitrogens with one attached hydrogen (secondary N) is 1. The van der Waals surface area contributed by atoms with Crippen molar-refractivity contribution in [2.75, 3.05) is 25.0 Å². The van der Waals surface area contributed by atoms with Crippen LogP contribution in [-0.2, 0) is 19.6 Å².